The molecule has 33 heavy (non-hydrogen) atoms. The number of ether oxygens (including phenoxy) is 2. The van der Waals surface area contributed by atoms with Crippen LogP contribution in [0.25, 0.3) is 0 Å². The number of amides is 1. The van der Waals surface area contributed by atoms with Crippen molar-refractivity contribution in [2.75, 3.05) is 14.2 Å². The van der Waals surface area contributed by atoms with E-state index in [1.807, 2.05) is 41.4 Å². The number of methoxy groups -OCH3 is 2. The number of rotatable bonds is 5. The number of hydrogen-bond acceptors (Lipinski definition) is 4. The molecule has 0 spiro atoms. The zero-order valence-corrected chi connectivity index (χ0v) is 19.5. The quantitative estimate of drug-likeness (QED) is 0.603. The van der Waals surface area contributed by atoms with Gasteiger partial charge in [-0.2, -0.15) is 5.10 Å². The first-order valence-electron chi connectivity index (χ1n) is 12.3. The molecule has 2 aromatic carbocycles. The van der Waals surface area contributed by atoms with Gasteiger partial charge >= 0.3 is 0 Å². The van der Waals surface area contributed by atoms with Gasteiger partial charge in [0.1, 0.15) is 11.5 Å². The van der Waals surface area contributed by atoms with Crippen molar-refractivity contribution in [3.63, 3.8) is 0 Å². The van der Waals surface area contributed by atoms with Gasteiger partial charge in [-0.05, 0) is 104 Å². The zero-order chi connectivity index (χ0) is 22.6. The van der Waals surface area contributed by atoms with Crippen LogP contribution >= 0.6 is 0 Å². The Balaban J connectivity index is 1.35. The van der Waals surface area contributed by atoms with Crippen LogP contribution in [0, 0.1) is 23.2 Å². The van der Waals surface area contributed by atoms with E-state index >= 15 is 0 Å². The van der Waals surface area contributed by atoms with E-state index in [4.69, 9.17) is 14.6 Å². The molecule has 172 valence electrons. The zero-order valence-electron chi connectivity index (χ0n) is 19.5. The van der Waals surface area contributed by atoms with Crippen LogP contribution < -0.4 is 9.47 Å². The summed E-state index contributed by atoms with van der Waals surface area (Å²) < 4.78 is 10.7. The summed E-state index contributed by atoms with van der Waals surface area (Å²) in [6.07, 6.45) is 7.86. The van der Waals surface area contributed by atoms with Crippen molar-refractivity contribution in [3.8, 4) is 11.5 Å². The number of hydrazone groups is 1. The summed E-state index contributed by atoms with van der Waals surface area (Å²) in [7, 11) is 3.35. The van der Waals surface area contributed by atoms with Crippen LogP contribution in [-0.4, -0.2) is 30.8 Å². The maximum atomic E-state index is 14.3. The highest BCUT2D eigenvalue weighted by atomic mass is 16.5. The van der Waals surface area contributed by atoms with Crippen molar-refractivity contribution in [2.45, 2.75) is 51.0 Å². The van der Waals surface area contributed by atoms with Crippen LogP contribution in [0.2, 0.25) is 0 Å². The van der Waals surface area contributed by atoms with Crippen molar-refractivity contribution >= 4 is 11.6 Å². The molecule has 5 aliphatic rings. The van der Waals surface area contributed by atoms with E-state index in [0.29, 0.717) is 0 Å². The van der Waals surface area contributed by atoms with Crippen LogP contribution in [0.15, 0.2) is 53.6 Å². The monoisotopic (exact) mass is 444 g/mol. The lowest BCUT2D eigenvalue weighted by Crippen LogP contribution is -2.53. The molecule has 1 heterocycles. The van der Waals surface area contributed by atoms with E-state index in [9.17, 15) is 4.79 Å². The highest BCUT2D eigenvalue weighted by Gasteiger charge is 2.57. The molecule has 4 bridgehead atoms. The Hall–Kier alpha value is -2.82. The fourth-order valence-electron chi connectivity index (χ4n) is 7.36. The van der Waals surface area contributed by atoms with Gasteiger partial charge in [-0.25, -0.2) is 5.01 Å². The molecular formula is C28H32N2O3. The van der Waals surface area contributed by atoms with Crippen LogP contribution in [0.5, 0.6) is 11.5 Å². The first-order chi connectivity index (χ1) is 16.1. The average Bonchev–Trinajstić information content (AvgIpc) is 3.28. The summed E-state index contributed by atoms with van der Waals surface area (Å²) in [4.78, 5) is 14.3. The Morgan fingerprint density at radius 2 is 1.36 bits per heavy atom. The fourth-order valence-corrected chi connectivity index (χ4v) is 7.36. The molecule has 7 rings (SSSR count). The highest BCUT2D eigenvalue weighted by molar-refractivity contribution is 6.03. The lowest BCUT2D eigenvalue weighted by Gasteiger charge is -2.56. The second-order valence-electron chi connectivity index (χ2n) is 10.6. The Morgan fingerprint density at radius 3 is 1.88 bits per heavy atom. The molecule has 0 unspecified atom stereocenters. The second kappa shape index (κ2) is 7.89. The van der Waals surface area contributed by atoms with Crippen LogP contribution in [0.3, 0.4) is 0 Å². The Bertz CT molecular complexity index is 1040. The van der Waals surface area contributed by atoms with Gasteiger partial charge in [0.15, 0.2) is 0 Å². The first-order valence-corrected chi connectivity index (χ1v) is 12.3. The molecule has 4 fully saturated rings. The normalized spacial score (nSPS) is 32.1. The van der Waals surface area contributed by atoms with E-state index in [2.05, 4.69) is 12.1 Å². The predicted octanol–water partition coefficient (Wildman–Crippen LogP) is 5.60. The SMILES string of the molecule is COc1ccc(C2=NN(C(=O)C34CC5CC(CC(C5)C3)C4)[C@H](c3ccc(OC)cc3)C2)cc1. The maximum Gasteiger partial charge on any atom is 0.249 e. The molecule has 0 N–H and O–H groups in total. The van der Waals surface area contributed by atoms with E-state index in [0.717, 1.165) is 71.8 Å². The Morgan fingerprint density at radius 1 is 0.848 bits per heavy atom. The predicted molar refractivity (Wildman–Crippen MR) is 127 cm³/mol. The van der Waals surface area contributed by atoms with Crippen LogP contribution in [0.1, 0.15) is 62.1 Å². The third kappa shape index (κ3) is 3.53. The molecule has 4 saturated carbocycles. The van der Waals surface area contributed by atoms with Gasteiger partial charge < -0.3 is 9.47 Å². The van der Waals surface area contributed by atoms with Gasteiger partial charge in [0, 0.05) is 6.42 Å². The number of carbonyl (C=O) groups is 1. The lowest BCUT2D eigenvalue weighted by atomic mass is 9.49. The fraction of sp³-hybridized carbons (Fsp3) is 0.500. The number of nitrogens with zero attached hydrogens (tertiary/aromatic N) is 2. The van der Waals surface area contributed by atoms with Crippen molar-refractivity contribution in [1.29, 1.82) is 0 Å². The molecule has 2 aromatic rings. The molecule has 5 nitrogen and oxygen atoms in total. The largest absolute Gasteiger partial charge is 0.497 e. The van der Waals surface area contributed by atoms with Crippen molar-refractivity contribution in [3.05, 3.63) is 59.7 Å². The summed E-state index contributed by atoms with van der Waals surface area (Å²) in [5.74, 6) is 4.09. The summed E-state index contributed by atoms with van der Waals surface area (Å²) >= 11 is 0. The van der Waals surface area contributed by atoms with Gasteiger partial charge in [-0.1, -0.05) is 12.1 Å². The van der Waals surface area contributed by atoms with Crippen molar-refractivity contribution < 1.29 is 14.3 Å². The number of carbonyl (C=O) groups excluding carboxylic acids is 1. The van der Waals surface area contributed by atoms with E-state index < -0.39 is 0 Å². The summed E-state index contributed by atoms with van der Waals surface area (Å²) in [6.45, 7) is 0. The number of hydrogen-bond donors (Lipinski definition) is 0. The third-order valence-electron chi connectivity index (χ3n) is 8.53. The molecule has 0 aromatic heterocycles. The minimum atomic E-state index is -0.210. The van der Waals surface area contributed by atoms with Gasteiger partial charge in [-0.15, -0.1) is 0 Å². The number of benzene rings is 2. The average molecular weight is 445 g/mol. The van der Waals surface area contributed by atoms with Crippen molar-refractivity contribution in [2.24, 2.45) is 28.3 Å². The van der Waals surface area contributed by atoms with Crippen molar-refractivity contribution in [1.82, 2.24) is 5.01 Å². The molecule has 5 heteroatoms. The topological polar surface area (TPSA) is 51.1 Å². The smallest absolute Gasteiger partial charge is 0.249 e. The van der Waals surface area contributed by atoms with Crippen LogP contribution in [-0.2, 0) is 4.79 Å². The minimum Gasteiger partial charge on any atom is -0.497 e. The second-order valence-corrected chi connectivity index (χ2v) is 10.6. The summed E-state index contributed by atoms with van der Waals surface area (Å²) in [5.41, 5.74) is 2.92. The first kappa shape index (κ1) is 20.8. The molecule has 0 radical (unpaired) electrons. The molecule has 1 atom stereocenters. The van der Waals surface area contributed by atoms with Crippen LogP contribution in [0.4, 0.5) is 0 Å². The molecular weight excluding hydrogens is 412 g/mol. The third-order valence-corrected chi connectivity index (χ3v) is 8.53. The lowest BCUT2D eigenvalue weighted by molar-refractivity contribution is -0.159. The maximum absolute atomic E-state index is 14.3. The van der Waals surface area contributed by atoms with E-state index in [1.54, 1.807) is 14.2 Å². The molecule has 4 aliphatic carbocycles. The van der Waals surface area contributed by atoms with Gasteiger partial charge in [0.2, 0.25) is 5.91 Å². The Labute approximate surface area is 195 Å². The Kier molecular flexibility index (Phi) is 4.97. The van der Waals surface area contributed by atoms with E-state index in [1.165, 1.54) is 19.3 Å². The molecule has 0 saturated heterocycles. The van der Waals surface area contributed by atoms with Gasteiger partial charge in [-0.3, -0.25) is 4.79 Å². The summed E-state index contributed by atoms with van der Waals surface area (Å²) in [6, 6.07) is 16.1. The van der Waals surface area contributed by atoms with Gasteiger partial charge in [0.05, 0.1) is 31.4 Å². The minimum absolute atomic E-state index is 0.0755. The van der Waals surface area contributed by atoms with E-state index in [-0.39, 0.29) is 17.4 Å². The molecule has 1 aliphatic heterocycles. The summed E-state index contributed by atoms with van der Waals surface area (Å²) in [5, 5.41) is 6.86. The molecule has 1 amide bonds. The van der Waals surface area contributed by atoms with Gasteiger partial charge in [0.25, 0.3) is 0 Å². The highest BCUT2D eigenvalue weighted by Crippen LogP contribution is 2.61. The standard InChI is InChI=1S/C28H32N2O3/c1-32-23-7-3-21(4-8-23)25-14-26(22-5-9-24(33-2)10-6-22)30(29-25)27(31)28-15-18-11-19(16-28)13-20(12-18)17-28/h3-10,18-20,26H,11-17H2,1-2H3/t18?,19?,20?,26-,28?/m0/s1.